The van der Waals surface area contributed by atoms with E-state index in [9.17, 15) is 4.79 Å². The summed E-state index contributed by atoms with van der Waals surface area (Å²) in [7, 11) is 1.67. The molecule has 0 spiro atoms. The lowest BCUT2D eigenvalue weighted by Crippen LogP contribution is -2.29. The van der Waals surface area contributed by atoms with E-state index in [0.717, 1.165) is 48.3 Å². The minimum atomic E-state index is -0.0423. The Morgan fingerprint density at radius 3 is 2.11 bits per heavy atom. The van der Waals surface area contributed by atoms with Gasteiger partial charge in [0, 0.05) is 6.42 Å². The Morgan fingerprint density at radius 2 is 1.54 bits per heavy atom. The Morgan fingerprint density at radius 1 is 0.929 bits per heavy atom. The van der Waals surface area contributed by atoms with Gasteiger partial charge in [0.2, 0.25) is 0 Å². The minimum Gasteiger partial charge on any atom is -0.497 e. The molecule has 3 rings (SSSR count). The first-order valence-electron chi connectivity index (χ1n) is 11.5. The molecule has 3 nitrogen and oxygen atoms in total. The maximum absolute atomic E-state index is 12.2. The second kappa shape index (κ2) is 10.9. The van der Waals surface area contributed by atoms with Gasteiger partial charge in [0.15, 0.2) is 0 Å². The fraction of sp³-hybridized carbons (Fsp3) is 0.720. The molecular weight excluding hydrogens is 348 g/mol. The summed E-state index contributed by atoms with van der Waals surface area (Å²) in [6.07, 6.45) is 14.5. The van der Waals surface area contributed by atoms with Gasteiger partial charge >= 0.3 is 5.97 Å². The molecule has 2 fully saturated rings. The Bertz CT molecular complexity index is 578. The number of rotatable bonds is 8. The molecule has 0 N–H and O–H groups in total. The zero-order chi connectivity index (χ0) is 19.8. The fourth-order valence-corrected chi connectivity index (χ4v) is 5.32. The Kier molecular flexibility index (Phi) is 8.24. The van der Waals surface area contributed by atoms with E-state index in [1.54, 1.807) is 7.11 Å². The average Bonchev–Trinajstić information content (AvgIpc) is 2.74. The van der Waals surface area contributed by atoms with E-state index in [4.69, 9.17) is 9.47 Å². The van der Waals surface area contributed by atoms with Crippen LogP contribution in [0.1, 0.15) is 83.1 Å². The molecule has 2 aliphatic rings. The number of ether oxygens (including phenoxy) is 2. The summed E-state index contributed by atoms with van der Waals surface area (Å²) in [6, 6.07) is 7.93. The second-order valence-corrected chi connectivity index (χ2v) is 8.94. The molecule has 3 heteroatoms. The molecule has 0 aromatic heterocycles. The van der Waals surface area contributed by atoms with Crippen molar-refractivity contribution in [3.8, 4) is 5.75 Å². The van der Waals surface area contributed by atoms with Gasteiger partial charge in [0.1, 0.15) is 11.9 Å². The van der Waals surface area contributed by atoms with Gasteiger partial charge in [-0.2, -0.15) is 0 Å². The van der Waals surface area contributed by atoms with Gasteiger partial charge in [-0.1, -0.05) is 44.7 Å². The van der Waals surface area contributed by atoms with Crippen molar-refractivity contribution in [1.29, 1.82) is 0 Å². The van der Waals surface area contributed by atoms with Gasteiger partial charge in [0.05, 0.1) is 7.11 Å². The first-order chi connectivity index (χ1) is 13.7. The zero-order valence-electron chi connectivity index (χ0n) is 17.8. The third kappa shape index (κ3) is 6.25. The van der Waals surface area contributed by atoms with Crippen LogP contribution in [0.15, 0.2) is 24.3 Å². The van der Waals surface area contributed by atoms with Crippen molar-refractivity contribution in [2.24, 2.45) is 17.8 Å². The molecule has 28 heavy (non-hydrogen) atoms. The minimum absolute atomic E-state index is 0.0423. The maximum Gasteiger partial charge on any atom is 0.306 e. The Labute approximate surface area is 171 Å². The number of esters is 1. The van der Waals surface area contributed by atoms with Crippen LogP contribution < -0.4 is 4.74 Å². The smallest absolute Gasteiger partial charge is 0.306 e. The van der Waals surface area contributed by atoms with Gasteiger partial charge < -0.3 is 9.47 Å². The van der Waals surface area contributed by atoms with Crippen LogP contribution >= 0.6 is 0 Å². The average molecular weight is 387 g/mol. The van der Waals surface area contributed by atoms with Gasteiger partial charge in [-0.3, -0.25) is 4.79 Å². The Balaban J connectivity index is 1.33. The molecule has 0 saturated heterocycles. The molecule has 0 amide bonds. The summed E-state index contributed by atoms with van der Waals surface area (Å²) in [5, 5.41) is 0. The van der Waals surface area contributed by atoms with Crippen molar-refractivity contribution in [3.63, 3.8) is 0 Å². The summed E-state index contributed by atoms with van der Waals surface area (Å²) in [4.78, 5) is 12.2. The van der Waals surface area contributed by atoms with Crippen molar-refractivity contribution in [2.75, 3.05) is 7.11 Å². The van der Waals surface area contributed by atoms with E-state index in [2.05, 4.69) is 6.92 Å². The summed E-state index contributed by atoms with van der Waals surface area (Å²) < 4.78 is 11.0. The van der Waals surface area contributed by atoms with E-state index in [-0.39, 0.29) is 12.1 Å². The van der Waals surface area contributed by atoms with Crippen molar-refractivity contribution in [3.05, 3.63) is 29.8 Å². The fourth-order valence-electron chi connectivity index (χ4n) is 5.32. The van der Waals surface area contributed by atoms with Crippen LogP contribution in [0.3, 0.4) is 0 Å². The van der Waals surface area contributed by atoms with Crippen LogP contribution in [-0.2, 0) is 16.0 Å². The van der Waals surface area contributed by atoms with Crippen LogP contribution in [0, 0.1) is 17.8 Å². The number of aryl methyl sites for hydroxylation is 1. The maximum atomic E-state index is 12.2. The van der Waals surface area contributed by atoms with Crippen molar-refractivity contribution >= 4 is 5.97 Å². The van der Waals surface area contributed by atoms with Gasteiger partial charge in [-0.25, -0.2) is 0 Å². The quantitative estimate of drug-likeness (QED) is 0.489. The molecule has 0 bridgehead atoms. The highest BCUT2D eigenvalue weighted by atomic mass is 16.5. The lowest BCUT2D eigenvalue weighted by Gasteiger charge is -2.37. The molecule has 2 saturated carbocycles. The second-order valence-electron chi connectivity index (χ2n) is 8.94. The van der Waals surface area contributed by atoms with E-state index in [0.29, 0.717) is 6.42 Å². The monoisotopic (exact) mass is 386 g/mol. The summed E-state index contributed by atoms with van der Waals surface area (Å²) in [5.74, 6) is 3.60. The molecule has 0 radical (unpaired) electrons. The third-order valence-electron chi connectivity index (χ3n) is 7.05. The highest BCUT2D eigenvalue weighted by Gasteiger charge is 2.31. The number of carbonyl (C=O) groups excluding carboxylic acids is 1. The molecule has 0 atom stereocenters. The van der Waals surface area contributed by atoms with Crippen LogP contribution in [0.4, 0.5) is 0 Å². The van der Waals surface area contributed by atoms with Gasteiger partial charge in [-0.15, -0.1) is 0 Å². The summed E-state index contributed by atoms with van der Waals surface area (Å²) in [6.45, 7) is 2.31. The van der Waals surface area contributed by atoms with Crippen LogP contribution in [0.25, 0.3) is 0 Å². The third-order valence-corrected chi connectivity index (χ3v) is 7.05. The molecule has 1 aromatic carbocycles. The summed E-state index contributed by atoms with van der Waals surface area (Å²) >= 11 is 0. The van der Waals surface area contributed by atoms with Gasteiger partial charge in [0.25, 0.3) is 0 Å². The van der Waals surface area contributed by atoms with Crippen LogP contribution in [0.5, 0.6) is 5.75 Å². The van der Waals surface area contributed by atoms with Gasteiger partial charge in [-0.05, 0) is 80.4 Å². The Hall–Kier alpha value is -1.51. The number of benzene rings is 1. The normalized spacial score (nSPS) is 27.9. The summed E-state index contributed by atoms with van der Waals surface area (Å²) in [5.41, 5.74) is 1.15. The van der Waals surface area contributed by atoms with E-state index >= 15 is 0 Å². The zero-order valence-corrected chi connectivity index (χ0v) is 17.8. The number of hydrogen-bond donors (Lipinski definition) is 0. The molecule has 156 valence electrons. The first-order valence-corrected chi connectivity index (χ1v) is 11.5. The van der Waals surface area contributed by atoms with Crippen LogP contribution in [-0.4, -0.2) is 19.2 Å². The predicted molar refractivity (Wildman–Crippen MR) is 114 cm³/mol. The number of carbonyl (C=O) groups is 1. The lowest BCUT2D eigenvalue weighted by molar-refractivity contribution is -0.151. The number of methoxy groups -OCH3 is 1. The van der Waals surface area contributed by atoms with E-state index in [1.165, 1.54) is 51.4 Å². The molecule has 1 aromatic rings. The SMILES string of the molecule is CCCC1CCC(C2CCC(OC(=O)CCc3ccc(OC)cc3)CC2)CC1. The topological polar surface area (TPSA) is 35.5 Å². The predicted octanol–water partition coefficient (Wildman–Crippen LogP) is 6.34. The molecule has 2 aliphatic carbocycles. The first kappa shape index (κ1) is 21.2. The van der Waals surface area contributed by atoms with Crippen molar-refractivity contribution in [1.82, 2.24) is 0 Å². The highest BCUT2D eigenvalue weighted by molar-refractivity contribution is 5.70. The number of hydrogen-bond acceptors (Lipinski definition) is 3. The standard InChI is InChI=1S/C25H38O3/c1-3-4-19-5-10-21(11-6-19)22-12-16-24(17-13-22)28-25(26)18-9-20-7-14-23(27-2)15-8-20/h7-8,14-15,19,21-22,24H,3-6,9-13,16-18H2,1-2H3. The lowest BCUT2D eigenvalue weighted by atomic mass is 9.70. The highest BCUT2D eigenvalue weighted by Crippen LogP contribution is 2.41. The largest absolute Gasteiger partial charge is 0.497 e. The van der Waals surface area contributed by atoms with Crippen molar-refractivity contribution < 1.29 is 14.3 Å². The van der Waals surface area contributed by atoms with Crippen LogP contribution in [0.2, 0.25) is 0 Å². The molecule has 0 aliphatic heterocycles. The van der Waals surface area contributed by atoms with E-state index in [1.807, 2.05) is 24.3 Å². The molecule has 0 heterocycles. The van der Waals surface area contributed by atoms with Crippen molar-refractivity contribution in [2.45, 2.75) is 90.1 Å². The molecule has 0 unspecified atom stereocenters. The molecular formula is C25H38O3. The van der Waals surface area contributed by atoms with E-state index < -0.39 is 0 Å².